The lowest BCUT2D eigenvalue weighted by Gasteiger charge is -2.50. The molecule has 4 unspecified atom stereocenters. The summed E-state index contributed by atoms with van der Waals surface area (Å²) in [5, 5.41) is 9.80. The minimum absolute atomic E-state index is 0.00202. The summed E-state index contributed by atoms with van der Waals surface area (Å²) >= 11 is 0. The van der Waals surface area contributed by atoms with Crippen LogP contribution in [-0.4, -0.2) is 137 Å². The Labute approximate surface area is 609 Å². The standard InChI is InChI=1S/C78H101F11N3O8PS2/c1-54(2)101(93,55(3)4)92(40-17-38-90)50-56(53-100-74(59-20-12-11-13-21-59,60-23-27-62(94-7)28-24-60)61-25-29-63(95-8)30-26-61)19-16-41-96-44-46-103-102-45-15-10-9-14-39-91(6)51-68-70(79)47-57(48-71(68)80)52-98-64-31-33-65-58(49-64)22-32-67-66(65)36-37-73(5)69(67)34-35-72(73)97-42-18-43-99-75(76(81,82)83,77(84,85)86)78(87,88)89/h11-13,20-21,23-31,33,47-49,54-56,66-67,69,72H,9-10,14-19,22,32,34-37,39-46,50-53H2,1-8H3/t56?,66?,67?,69?,72-,73-/m0/s1. The number of methoxy groups -OCH3 is 2. The molecule has 5 aromatic carbocycles. The molecular weight excluding hydrogens is 1410 g/mol. The average Bonchev–Trinajstić information content (AvgIpc) is 1.62. The average molecular weight is 1510 g/mol. The quantitative estimate of drug-likeness (QED) is 0.0122. The topological polar surface area (TPSA) is 112 Å². The minimum atomic E-state index is -6.78. The first-order valence-corrected chi connectivity index (χ1v) is 40.2. The number of hydrogen-bond donors (Lipinski definition) is 0. The lowest BCUT2D eigenvalue weighted by Crippen LogP contribution is -2.67. The summed E-state index contributed by atoms with van der Waals surface area (Å²) in [5.41, 5.74) is -2.49. The van der Waals surface area contributed by atoms with Crippen LogP contribution in [0.3, 0.4) is 0 Å². The summed E-state index contributed by atoms with van der Waals surface area (Å²) in [4.78, 5) is 1.93. The van der Waals surface area contributed by atoms with E-state index in [1.165, 1.54) is 17.7 Å². The van der Waals surface area contributed by atoms with E-state index in [2.05, 4.69) is 34.5 Å². The van der Waals surface area contributed by atoms with Crippen LogP contribution in [0.2, 0.25) is 0 Å². The van der Waals surface area contributed by atoms with Crippen molar-refractivity contribution in [2.45, 2.75) is 191 Å². The van der Waals surface area contributed by atoms with E-state index < -0.39 is 61.7 Å². The third kappa shape index (κ3) is 20.2. The molecule has 2 fully saturated rings. The lowest BCUT2D eigenvalue weighted by molar-refractivity contribution is -0.457. The van der Waals surface area contributed by atoms with Gasteiger partial charge in [0.25, 0.3) is 0 Å². The molecule has 8 rings (SSSR count). The highest BCUT2D eigenvalue weighted by atomic mass is 33.1. The molecule has 0 saturated heterocycles. The van der Waals surface area contributed by atoms with E-state index in [0.717, 1.165) is 116 Å². The fraction of sp³-hybridized carbons (Fsp3) is 0.603. The monoisotopic (exact) mass is 1510 g/mol. The molecule has 0 bridgehead atoms. The van der Waals surface area contributed by atoms with Gasteiger partial charge in [-0.05, 0) is 195 Å². The number of alkyl halides is 9. The molecule has 0 spiro atoms. The molecule has 3 aliphatic rings. The van der Waals surface area contributed by atoms with Crippen LogP contribution in [0.15, 0.2) is 109 Å². The van der Waals surface area contributed by atoms with Crippen LogP contribution in [0.25, 0.3) is 0 Å². The summed E-state index contributed by atoms with van der Waals surface area (Å²) in [6.07, 6.45) is -11.2. The van der Waals surface area contributed by atoms with Crippen molar-refractivity contribution in [3.05, 3.63) is 160 Å². The van der Waals surface area contributed by atoms with Crippen molar-refractivity contribution in [3.8, 4) is 23.3 Å². The molecule has 3 aliphatic carbocycles. The summed E-state index contributed by atoms with van der Waals surface area (Å²) in [7, 11) is 5.84. The predicted molar refractivity (Wildman–Crippen MR) is 384 cm³/mol. The van der Waals surface area contributed by atoms with Gasteiger partial charge in [0.2, 0.25) is 0 Å². The number of ether oxygens (including phenoxy) is 7. The second kappa shape index (κ2) is 37.6. The Bertz CT molecular complexity index is 3410. The van der Waals surface area contributed by atoms with E-state index in [1.807, 2.05) is 135 Å². The Kier molecular flexibility index (Phi) is 30.5. The number of nitriles is 1. The van der Waals surface area contributed by atoms with E-state index in [1.54, 1.807) is 25.0 Å². The molecule has 0 heterocycles. The van der Waals surface area contributed by atoms with Gasteiger partial charge in [-0.1, -0.05) is 130 Å². The van der Waals surface area contributed by atoms with E-state index in [-0.39, 0.29) is 78.3 Å². The van der Waals surface area contributed by atoms with E-state index in [9.17, 15) is 44.8 Å². The molecule has 0 N–H and O–H groups in total. The summed E-state index contributed by atoms with van der Waals surface area (Å²) in [6, 6.07) is 36.9. The molecule has 11 nitrogen and oxygen atoms in total. The third-order valence-corrected chi connectivity index (χ3v) is 27.8. The first-order chi connectivity index (χ1) is 49.0. The van der Waals surface area contributed by atoms with Crippen LogP contribution < -0.4 is 14.2 Å². The van der Waals surface area contributed by atoms with Crippen LogP contribution >= 0.6 is 28.9 Å². The molecule has 0 aromatic heterocycles. The highest BCUT2D eigenvalue weighted by molar-refractivity contribution is 8.76. The molecule has 6 atom stereocenters. The molecule has 0 radical (unpaired) electrons. The molecule has 0 aliphatic heterocycles. The zero-order chi connectivity index (χ0) is 74.8. The van der Waals surface area contributed by atoms with E-state index in [4.69, 9.17) is 28.4 Å². The van der Waals surface area contributed by atoms with Gasteiger partial charge in [-0.3, -0.25) is 4.67 Å². The van der Waals surface area contributed by atoms with Gasteiger partial charge in [-0.2, -0.15) is 44.8 Å². The van der Waals surface area contributed by atoms with Crippen LogP contribution in [0.4, 0.5) is 48.3 Å². The Hall–Kier alpha value is -5.09. The number of halogens is 11. The number of rotatable bonds is 41. The largest absolute Gasteiger partial charge is 0.497 e. The maximum absolute atomic E-state index is 15.6. The van der Waals surface area contributed by atoms with Crippen molar-refractivity contribution in [3.63, 3.8) is 0 Å². The van der Waals surface area contributed by atoms with Crippen LogP contribution in [0, 0.1) is 46.1 Å². The Morgan fingerprint density at radius 1 is 0.660 bits per heavy atom. The molecule has 0 amide bonds. The first kappa shape index (κ1) is 83.5. The van der Waals surface area contributed by atoms with Crippen molar-refractivity contribution in [2.24, 2.45) is 23.2 Å². The van der Waals surface area contributed by atoms with E-state index >= 15 is 13.3 Å². The van der Waals surface area contributed by atoms with Gasteiger partial charge in [0.05, 0.1) is 46.2 Å². The van der Waals surface area contributed by atoms with Crippen molar-refractivity contribution >= 4 is 28.9 Å². The third-order valence-electron chi connectivity index (χ3n) is 21.2. The Morgan fingerprint density at radius 2 is 1.26 bits per heavy atom. The molecule has 25 heteroatoms. The maximum Gasteiger partial charge on any atom is 0.435 e. The van der Waals surface area contributed by atoms with Gasteiger partial charge in [0.15, 0.2) is 7.29 Å². The second-order valence-corrected chi connectivity index (χ2v) is 35.1. The summed E-state index contributed by atoms with van der Waals surface area (Å²) in [6.45, 7) is 11.4. The first-order valence-electron chi connectivity index (χ1n) is 35.9. The SMILES string of the molecule is COc1ccc(C(OCC(CCCOCCSSCCCCCCN(C)Cc2c(F)cc(COc3ccc4c(c3)CCC3C4CC[C@@]4(C)C3CC[C@@H]4OCCCOC(C(F)(F)F)(C(F)(F)F)C(F)(F)F)cc2F)CN(CCC#N)P(=O)(C(C)C)C(C)C)(c2ccccc2)c2ccc(OC)cc2)cc1. The fourth-order valence-electron chi connectivity index (χ4n) is 15.8. The Balaban J connectivity index is 0.735. The molecule has 103 heavy (non-hydrogen) atoms. The number of fused-ring (bicyclic) bond motifs is 5. The molecule has 5 aromatic rings. The highest BCUT2D eigenvalue weighted by Crippen LogP contribution is 2.63. The van der Waals surface area contributed by atoms with Crippen LogP contribution in [0.1, 0.15) is 163 Å². The number of nitrogens with zero attached hydrogens (tertiary/aromatic N) is 3. The second-order valence-electron chi connectivity index (χ2n) is 28.4. The van der Waals surface area contributed by atoms with Gasteiger partial charge < -0.3 is 42.6 Å². The molecule has 2 saturated carbocycles. The maximum atomic E-state index is 15.6. The number of unbranched alkanes of at least 4 members (excludes halogenated alkanes) is 3. The smallest absolute Gasteiger partial charge is 0.435 e. The normalized spacial score (nSPS) is 19.2. The van der Waals surface area contributed by atoms with Crippen molar-refractivity contribution in [2.75, 3.05) is 85.4 Å². The fourth-order valence-corrected chi connectivity index (χ4v) is 21.3. The van der Waals surface area contributed by atoms with Crippen molar-refractivity contribution in [1.29, 1.82) is 5.26 Å². The lowest BCUT2D eigenvalue weighted by atomic mass is 9.55. The number of aryl methyl sites for hydroxylation is 1. The van der Waals surface area contributed by atoms with Gasteiger partial charge in [-0.25, -0.2) is 8.78 Å². The van der Waals surface area contributed by atoms with Gasteiger partial charge in [0, 0.05) is 67.7 Å². The summed E-state index contributed by atoms with van der Waals surface area (Å²) < 4.78 is 209. The van der Waals surface area contributed by atoms with Gasteiger partial charge in [0.1, 0.15) is 41.1 Å². The molecular formula is C78H101F11N3O8PS2. The number of hydrogen-bond acceptors (Lipinski definition) is 12. The molecule has 570 valence electrons. The van der Waals surface area contributed by atoms with Crippen LogP contribution in [-0.2, 0) is 48.7 Å². The number of benzene rings is 5. The predicted octanol–water partition coefficient (Wildman–Crippen LogP) is 20.7. The Morgan fingerprint density at radius 3 is 1.86 bits per heavy atom. The van der Waals surface area contributed by atoms with E-state index in [0.29, 0.717) is 57.2 Å². The highest BCUT2D eigenvalue weighted by Gasteiger charge is 2.85. The zero-order valence-corrected chi connectivity index (χ0v) is 62.9. The van der Waals surface area contributed by atoms with Crippen molar-refractivity contribution in [1.82, 2.24) is 9.57 Å². The van der Waals surface area contributed by atoms with Gasteiger partial charge >= 0.3 is 24.1 Å². The van der Waals surface area contributed by atoms with Gasteiger partial charge in [-0.15, -0.1) is 0 Å². The summed E-state index contributed by atoms with van der Waals surface area (Å²) in [5.74, 6) is 3.16. The minimum Gasteiger partial charge on any atom is -0.497 e. The van der Waals surface area contributed by atoms with Crippen molar-refractivity contribution < 1.29 is 86.0 Å². The van der Waals surface area contributed by atoms with Crippen LogP contribution in [0.5, 0.6) is 17.2 Å². The zero-order valence-electron chi connectivity index (χ0n) is 60.3.